The number of halogens is 2. The molecular weight excluding hydrogens is 377 g/mol. The molecule has 2 saturated heterocycles. The molecule has 26 heavy (non-hydrogen) atoms. The minimum atomic E-state index is -0.0672. The molecule has 1 amide bonds. The van der Waals surface area contributed by atoms with Crippen LogP contribution in [0, 0.1) is 0 Å². The van der Waals surface area contributed by atoms with Gasteiger partial charge < -0.3 is 20.6 Å². The van der Waals surface area contributed by atoms with Gasteiger partial charge in [0.2, 0.25) is 11.9 Å². The molecular formula is C17H17Cl2N5O2. The van der Waals surface area contributed by atoms with Crippen LogP contribution in [0.25, 0.3) is 0 Å². The highest BCUT2D eigenvalue weighted by Gasteiger charge is 2.42. The van der Waals surface area contributed by atoms with Crippen molar-refractivity contribution in [1.82, 2.24) is 14.9 Å². The molecule has 2 aromatic rings. The zero-order valence-corrected chi connectivity index (χ0v) is 15.3. The van der Waals surface area contributed by atoms with Gasteiger partial charge in [0.1, 0.15) is 12.3 Å². The maximum Gasteiger partial charge on any atom is 0.242 e. The van der Waals surface area contributed by atoms with Gasteiger partial charge in [-0.15, -0.1) is 0 Å². The summed E-state index contributed by atoms with van der Waals surface area (Å²) in [4.78, 5) is 24.7. The first-order valence-corrected chi connectivity index (χ1v) is 8.98. The van der Waals surface area contributed by atoms with Crippen molar-refractivity contribution in [2.75, 3.05) is 30.3 Å². The number of fused-ring (bicyclic) bond motifs is 1. The van der Waals surface area contributed by atoms with Crippen LogP contribution in [0.5, 0.6) is 5.75 Å². The predicted molar refractivity (Wildman–Crippen MR) is 99.6 cm³/mol. The number of aromatic hydroxyl groups is 1. The Morgan fingerprint density at radius 3 is 2.65 bits per heavy atom. The van der Waals surface area contributed by atoms with Crippen molar-refractivity contribution in [3.63, 3.8) is 0 Å². The van der Waals surface area contributed by atoms with Gasteiger partial charge in [-0.2, -0.15) is 0 Å². The van der Waals surface area contributed by atoms with E-state index in [9.17, 15) is 9.90 Å². The maximum absolute atomic E-state index is 12.6. The number of piperazine rings is 1. The van der Waals surface area contributed by atoms with Crippen LogP contribution in [0.1, 0.15) is 17.9 Å². The fourth-order valence-corrected chi connectivity index (χ4v) is 4.25. The number of nitrogens with zero attached hydrogens (tertiary/aromatic N) is 4. The number of phenolic OH excluding ortho intramolecular Hbond substituents is 1. The van der Waals surface area contributed by atoms with E-state index >= 15 is 0 Å². The lowest BCUT2D eigenvalue weighted by Gasteiger charge is -2.36. The Kier molecular flexibility index (Phi) is 4.28. The summed E-state index contributed by atoms with van der Waals surface area (Å²) in [5.41, 5.74) is 6.71. The van der Waals surface area contributed by atoms with Gasteiger partial charge in [0.15, 0.2) is 0 Å². The quantitative estimate of drug-likeness (QED) is 0.812. The van der Waals surface area contributed by atoms with Crippen molar-refractivity contribution in [3.05, 3.63) is 40.1 Å². The van der Waals surface area contributed by atoms with Crippen molar-refractivity contribution in [1.29, 1.82) is 0 Å². The predicted octanol–water partition coefficient (Wildman–Crippen LogP) is 2.28. The van der Waals surface area contributed by atoms with Gasteiger partial charge in [-0.25, -0.2) is 9.97 Å². The molecule has 0 saturated carbocycles. The minimum absolute atomic E-state index is 0.00168. The van der Waals surface area contributed by atoms with Crippen LogP contribution in [0.4, 0.5) is 11.6 Å². The van der Waals surface area contributed by atoms with Crippen molar-refractivity contribution in [2.45, 2.75) is 18.4 Å². The number of nitrogens with two attached hydrogens (primary N) is 1. The smallest absolute Gasteiger partial charge is 0.242 e. The number of anilines is 2. The number of carbonyl (C=O) groups is 1. The highest BCUT2D eigenvalue weighted by atomic mass is 35.5. The van der Waals surface area contributed by atoms with E-state index in [4.69, 9.17) is 28.9 Å². The number of carbonyl (C=O) groups excluding carboxylic acids is 1. The van der Waals surface area contributed by atoms with Crippen LogP contribution in [0.2, 0.25) is 10.0 Å². The van der Waals surface area contributed by atoms with Crippen molar-refractivity contribution in [3.8, 4) is 5.75 Å². The summed E-state index contributed by atoms with van der Waals surface area (Å²) in [6, 6.07) is 3.10. The Labute approximate surface area is 160 Å². The molecule has 9 heteroatoms. The molecule has 7 nitrogen and oxygen atoms in total. The number of nitrogen functional groups attached to an aromatic ring is 1. The third-order valence-corrected chi connectivity index (χ3v) is 5.77. The zero-order chi connectivity index (χ0) is 18.4. The summed E-state index contributed by atoms with van der Waals surface area (Å²) in [5, 5.41) is 11.0. The number of hydrogen-bond donors (Lipinski definition) is 2. The van der Waals surface area contributed by atoms with Gasteiger partial charge >= 0.3 is 0 Å². The second-order valence-corrected chi connectivity index (χ2v) is 7.41. The Morgan fingerprint density at radius 1 is 1.19 bits per heavy atom. The highest BCUT2D eigenvalue weighted by Crippen LogP contribution is 2.43. The van der Waals surface area contributed by atoms with Crippen LogP contribution >= 0.6 is 23.2 Å². The number of amides is 1. The molecule has 1 aromatic carbocycles. The van der Waals surface area contributed by atoms with Gasteiger partial charge in [0.05, 0.1) is 34.2 Å². The van der Waals surface area contributed by atoms with E-state index < -0.39 is 0 Å². The molecule has 0 aliphatic carbocycles. The van der Waals surface area contributed by atoms with E-state index in [1.807, 2.05) is 9.80 Å². The van der Waals surface area contributed by atoms with Crippen molar-refractivity contribution >= 4 is 40.7 Å². The van der Waals surface area contributed by atoms with Crippen molar-refractivity contribution in [2.24, 2.45) is 0 Å². The Balaban J connectivity index is 1.58. The summed E-state index contributed by atoms with van der Waals surface area (Å²) < 4.78 is 0. The molecule has 136 valence electrons. The van der Waals surface area contributed by atoms with Crippen LogP contribution in [-0.4, -0.2) is 51.6 Å². The number of aromatic nitrogens is 2. The lowest BCUT2D eigenvalue weighted by molar-refractivity contribution is -0.132. The second kappa shape index (κ2) is 6.48. The molecule has 0 bridgehead atoms. The molecule has 2 aliphatic rings. The second-order valence-electron chi connectivity index (χ2n) is 6.62. The summed E-state index contributed by atoms with van der Waals surface area (Å²) in [6.07, 6.45) is 3.74. The summed E-state index contributed by atoms with van der Waals surface area (Å²) >= 11 is 12.4. The number of phenols is 1. The first-order chi connectivity index (χ1) is 12.4. The monoisotopic (exact) mass is 393 g/mol. The molecule has 3 heterocycles. The van der Waals surface area contributed by atoms with Gasteiger partial charge in [0.25, 0.3) is 0 Å². The largest absolute Gasteiger partial charge is 0.508 e. The fourth-order valence-electron chi connectivity index (χ4n) is 3.77. The van der Waals surface area contributed by atoms with Gasteiger partial charge in [-0.1, -0.05) is 23.2 Å². The van der Waals surface area contributed by atoms with E-state index in [-0.39, 0.29) is 30.2 Å². The van der Waals surface area contributed by atoms with E-state index in [2.05, 4.69) is 9.97 Å². The molecule has 4 rings (SSSR count). The molecule has 2 atom stereocenters. The van der Waals surface area contributed by atoms with Crippen LogP contribution < -0.4 is 10.6 Å². The van der Waals surface area contributed by atoms with Crippen LogP contribution in [0.3, 0.4) is 0 Å². The molecule has 0 unspecified atom stereocenters. The fraction of sp³-hybridized carbons (Fsp3) is 0.353. The van der Waals surface area contributed by atoms with Gasteiger partial charge in [0, 0.05) is 24.6 Å². The topological polar surface area (TPSA) is 95.6 Å². The van der Waals surface area contributed by atoms with Crippen LogP contribution in [0.15, 0.2) is 24.5 Å². The lowest BCUT2D eigenvalue weighted by atomic mass is 9.95. The zero-order valence-electron chi connectivity index (χ0n) is 13.8. The standard InChI is InChI=1S/C17H17Cl2N5O2/c18-12-1-2-13(25)15(16(12)19)9-3-11-7-23(8-14(26)24(11)6-9)17-21-4-10(20)5-22-17/h1-2,4-5,9,11,25H,3,6-8,20H2/t9-,11-/m0/s1. The van der Waals surface area contributed by atoms with E-state index in [0.29, 0.717) is 46.8 Å². The third kappa shape index (κ3) is 2.91. The molecule has 0 radical (unpaired) electrons. The third-order valence-electron chi connectivity index (χ3n) is 4.95. The Morgan fingerprint density at radius 2 is 1.92 bits per heavy atom. The van der Waals surface area contributed by atoms with Gasteiger partial charge in [-0.05, 0) is 18.6 Å². The van der Waals surface area contributed by atoms with Gasteiger partial charge in [-0.3, -0.25) is 4.79 Å². The average Bonchev–Trinajstić information content (AvgIpc) is 3.03. The number of benzene rings is 1. The number of rotatable bonds is 2. The highest BCUT2D eigenvalue weighted by molar-refractivity contribution is 6.42. The number of hydrogen-bond acceptors (Lipinski definition) is 6. The first-order valence-electron chi connectivity index (χ1n) is 8.23. The van der Waals surface area contributed by atoms with Crippen molar-refractivity contribution < 1.29 is 9.90 Å². The van der Waals surface area contributed by atoms with E-state index in [0.717, 1.165) is 0 Å². The summed E-state index contributed by atoms with van der Waals surface area (Å²) in [7, 11) is 0. The average molecular weight is 394 g/mol. The normalized spacial score (nSPS) is 22.6. The summed E-state index contributed by atoms with van der Waals surface area (Å²) in [5.74, 6) is 0.527. The minimum Gasteiger partial charge on any atom is -0.508 e. The molecule has 2 fully saturated rings. The SMILES string of the molecule is Nc1cnc(N2CC(=O)N3C[C@@H](c4c(O)ccc(Cl)c4Cl)C[C@H]3C2)nc1. The Bertz CT molecular complexity index is 861. The Hall–Kier alpha value is -2.25. The molecule has 1 aromatic heterocycles. The maximum atomic E-state index is 12.6. The molecule has 0 spiro atoms. The van der Waals surface area contributed by atoms with E-state index in [1.165, 1.54) is 18.5 Å². The molecule has 3 N–H and O–H groups in total. The first kappa shape index (κ1) is 17.2. The van der Waals surface area contributed by atoms with Crippen LogP contribution in [-0.2, 0) is 4.79 Å². The lowest BCUT2D eigenvalue weighted by Crippen LogP contribution is -2.54. The molecule has 2 aliphatic heterocycles. The summed E-state index contributed by atoms with van der Waals surface area (Å²) in [6.45, 7) is 1.33. The van der Waals surface area contributed by atoms with E-state index in [1.54, 1.807) is 6.07 Å².